The molecule has 1 N–H and O–H groups in total. The molecule has 2 heterocycles. The molecule has 2 aromatic rings. The standard InChI is InChI=1S/C14H20N6O/c1-5-20(6-2)14-18-12(17-13(15-3)19-14)11-10(21-4)8-7-9-16-11/h7-9H,5-6H2,1-4H3,(H,15,17,18,19). The normalized spacial score (nSPS) is 10.3. The second-order valence-electron chi connectivity index (χ2n) is 4.26. The van der Waals surface area contributed by atoms with Gasteiger partial charge in [0.2, 0.25) is 11.9 Å². The van der Waals surface area contributed by atoms with Crippen LogP contribution in [-0.4, -0.2) is 47.2 Å². The van der Waals surface area contributed by atoms with Crippen LogP contribution in [0.25, 0.3) is 11.5 Å². The van der Waals surface area contributed by atoms with E-state index in [-0.39, 0.29) is 0 Å². The molecule has 0 radical (unpaired) electrons. The van der Waals surface area contributed by atoms with Crippen LogP contribution in [0.15, 0.2) is 18.3 Å². The molecule has 21 heavy (non-hydrogen) atoms. The topological polar surface area (TPSA) is 76.1 Å². The minimum Gasteiger partial charge on any atom is -0.494 e. The van der Waals surface area contributed by atoms with Gasteiger partial charge in [-0.05, 0) is 26.0 Å². The average molecular weight is 288 g/mol. The van der Waals surface area contributed by atoms with Gasteiger partial charge in [-0.2, -0.15) is 15.0 Å². The minimum atomic E-state index is 0.494. The van der Waals surface area contributed by atoms with Crippen molar-refractivity contribution in [1.82, 2.24) is 19.9 Å². The Kier molecular flexibility index (Phi) is 4.86. The molecule has 0 unspecified atom stereocenters. The zero-order chi connectivity index (χ0) is 15.2. The van der Waals surface area contributed by atoms with Gasteiger partial charge in [0, 0.05) is 26.3 Å². The third-order valence-electron chi connectivity index (χ3n) is 3.10. The predicted molar refractivity (Wildman–Crippen MR) is 82.7 cm³/mol. The highest BCUT2D eigenvalue weighted by Crippen LogP contribution is 2.26. The van der Waals surface area contributed by atoms with Crippen molar-refractivity contribution in [3.05, 3.63) is 18.3 Å². The Labute approximate surface area is 124 Å². The first kappa shape index (κ1) is 15.0. The lowest BCUT2D eigenvalue weighted by molar-refractivity contribution is 0.414. The fraction of sp³-hybridized carbons (Fsp3) is 0.429. The number of pyridine rings is 1. The van der Waals surface area contributed by atoms with E-state index in [2.05, 4.69) is 44.0 Å². The first-order chi connectivity index (χ1) is 10.2. The van der Waals surface area contributed by atoms with E-state index < -0.39 is 0 Å². The fourth-order valence-electron chi connectivity index (χ4n) is 1.95. The molecule has 0 aliphatic carbocycles. The van der Waals surface area contributed by atoms with Crippen LogP contribution in [0.2, 0.25) is 0 Å². The van der Waals surface area contributed by atoms with Gasteiger partial charge in [0.1, 0.15) is 11.4 Å². The van der Waals surface area contributed by atoms with Crippen LogP contribution in [0.4, 0.5) is 11.9 Å². The van der Waals surface area contributed by atoms with Crippen molar-refractivity contribution in [2.45, 2.75) is 13.8 Å². The highest BCUT2D eigenvalue weighted by molar-refractivity contribution is 5.61. The van der Waals surface area contributed by atoms with Gasteiger partial charge < -0.3 is 15.0 Å². The molecule has 0 aliphatic heterocycles. The molecule has 0 amide bonds. The predicted octanol–water partition coefficient (Wildman–Crippen LogP) is 1.83. The molecule has 0 bridgehead atoms. The fourth-order valence-corrected chi connectivity index (χ4v) is 1.95. The first-order valence-corrected chi connectivity index (χ1v) is 6.91. The van der Waals surface area contributed by atoms with Gasteiger partial charge in [0.05, 0.1) is 7.11 Å². The van der Waals surface area contributed by atoms with Crippen molar-refractivity contribution in [3.8, 4) is 17.3 Å². The number of aromatic nitrogens is 4. The van der Waals surface area contributed by atoms with Crippen molar-refractivity contribution < 1.29 is 4.74 Å². The van der Waals surface area contributed by atoms with Crippen LogP contribution in [0.3, 0.4) is 0 Å². The van der Waals surface area contributed by atoms with E-state index in [1.54, 1.807) is 20.4 Å². The summed E-state index contributed by atoms with van der Waals surface area (Å²) < 4.78 is 5.33. The number of hydrogen-bond acceptors (Lipinski definition) is 7. The number of rotatable bonds is 6. The molecule has 0 fully saturated rings. The Hall–Kier alpha value is -2.44. The molecule has 0 aliphatic rings. The van der Waals surface area contributed by atoms with Gasteiger partial charge in [-0.15, -0.1) is 0 Å². The summed E-state index contributed by atoms with van der Waals surface area (Å²) in [6.45, 7) is 5.77. The minimum absolute atomic E-state index is 0.494. The SMILES string of the molecule is CCN(CC)c1nc(NC)nc(-c2ncccc2OC)n1. The third-order valence-corrected chi connectivity index (χ3v) is 3.10. The molecule has 112 valence electrons. The lowest BCUT2D eigenvalue weighted by Gasteiger charge is -2.19. The molecular formula is C14H20N6O. The summed E-state index contributed by atoms with van der Waals surface area (Å²) >= 11 is 0. The maximum absolute atomic E-state index is 5.33. The summed E-state index contributed by atoms with van der Waals surface area (Å²) in [5, 5.41) is 2.96. The number of anilines is 2. The van der Waals surface area contributed by atoms with Gasteiger partial charge in [0.15, 0.2) is 5.82 Å². The highest BCUT2D eigenvalue weighted by Gasteiger charge is 2.15. The Morgan fingerprint density at radius 3 is 2.57 bits per heavy atom. The van der Waals surface area contributed by atoms with Gasteiger partial charge in [-0.1, -0.05) is 0 Å². The number of methoxy groups -OCH3 is 1. The summed E-state index contributed by atoms with van der Waals surface area (Å²) in [6, 6.07) is 3.65. The van der Waals surface area contributed by atoms with Gasteiger partial charge in [-0.3, -0.25) is 0 Å². The van der Waals surface area contributed by atoms with Crippen LogP contribution in [0.1, 0.15) is 13.8 Å². The summed E-state index contributed by atoms with van der Waals surface area (Å²) in [6.07, 6.45) is 1.69. The second-order valence-corrected chi connectivity index (χ2v) is 4.26. The van der Waals surface area contributed by atoms with Crippen molar-refractivity contribution in [1.29, 1.82) is 0 Å². The van der Waals surface area contributed by atoms with E-state index >= 15 is 0 Å². The molecule has 0 saturated carbocycles. The molecule has 0 atom stereocenters. The van der Waals surface area contributed by atoms with Crippen molar-refractivity contribution in [2.24, 2.45) is 0 Å². The van der Waals surface area contributed by atoms with E-state index in [1.807, 2.05) is 12.1 Å². The Morgan fingerprint density at radius 2 is 1.95 bits per heavy atom. The lowest BCUT2D eigenvalue weighted by atomic mass is 10.3. The van der Waals surface area contributed by atoms with Gasteiger partial charge in [0.25, 0.3) is 0 Å². The van der Waals surface area contributed by atoms with E-state index in [0.717, 1.165) is 13.1 Å². The summed E-state index contributed by atoms with van der Waals surface area (Å²) in [5.74, 6) is 2.27. The first-order valence-electron chi connectivity index (χ1n) is 6.91. The Balaban J connectivity index is 2.55. The zero-order valence-corrected chi connectivity index (χ0v) is 12.8. The van der Waals surface area contributed by atoms with Crippen molar-refractivity contribution >= 4 is 11.9 Å². The Bertz CT molecular complexity index is 600. The van der Waals surface area contributed by atoms with E-state index in [9.17, 15) is 0 Å². The second kappa shape index (κ2) is 6.83. The zero-order valence-electron chi connectivity index (χ0n) is 12.8. The van der Waals surface area contributed by atoms with E-state index in [1.165, 1.54) is 0 Å². The van der Waals surface area contributed by atoms with Gasteiger partial charge in [-0.25, -0.2) is 4.98 Å². The monoisotopic (exact) mass is 288 g/mol. The summed E-state index contributed by atoms with van der Waals surface area (Å²) in [7, 11) is 3.38. The average Bonchev–Trinajstić information content (AvgIpc) is 2.55. The quantitative estimate of drug-likeness (QED) is 0.869. The van der Waals surface area contributed by atoms with Crippen LogP contribution in [0.5, 0.6) is 5.75 Å². The molecular weight excluding hydrogens is 268 g/mol. The van der Waals surface area contributed by atoms with Crippen LogP contribution < -0.4 is 15.0 Å². The van der Waals surface area contributed by atoms with Crippen LogP contribution in [-0.2, 0) is 0 Å². The molecule has 7 heteroatoms. The van der Waals surface area contributed by atoms with E-state index in [4.69, 9.17) is 4.74 Å². The lowest BCUT2D eigenvalue weighted by Crippen LogP contribution is -2.25. The highest BCUT2D eigenvalue weighted by atomic mass is 16.5. The maximum atomic E-state index is 5.33. The number of nitrogens with one attached hydrogen (secondary N) is 1. The molecule has 2 rings (SSSR count). The van der Waals surface area contributed by atoms with Crippen molar-refractivity contribution in [3.63, 3.8) is 0 Å². The molecule has 0 spiro atoms. The Morgan fingerprint density at radius 1 is 1.19 bits per heavy atom. The smallest absolute Gasteiger partial charge is 0.230 e. The third kappa shape index (κ3) is 3.18. The molecule has 7 nitrogen and oxygen atoms in total. The van der Waals surface area contributed by atoms with E-state index in [0.29, 0.717) is 29.2 Å². The molecule has 2 aromatic heterocycles. The molecule has 0 saturated heterocycles. The maximum Gasteiger partial charge on any atom is 0.230 e. The number of nitrogens with zero attached hydrogens (tertiary/aromatic N) is 5. The number of hydrogen-bond donors (Lipinski definition) is 1. The van der Waals surface area contributed by atoms with Crippen molar-refractivity contribution in [2.75, 3.05) is 37.5 Å². The molecule has 0 aromatic carbocycles. The van der Waals surface area contributed by atoms with Gasteiger partial charge >= 0.3 is 0 Å². The summed E-state index contributed by atoms with van der Waals surface area (Å²) in [5.41, 5.74) is 0.604. The largest absolute Gasteiger partial charge is 0.494 e. The summed E-state index contributed by atoms with van der Waals surface area (Å²) in [4.78, 5) is 19.7. The van der Waals surface area contributed by atoms with Crippen LogP contribution in [0, 0.1) is 0 Å². The number of ether oxygens (including phenoxy) is 1. The van der Waals surface area contributed by atoms with Crippen LogP contribution >= 0.6 is 0 Å².